The molecule has 0 heterocycles. The molecule has 3 N–H and O–H groups in total. The van der Waals surface area contributed by atoms with E-state index in [0.717, 1.165) is 5.56 Å². The Labute approximate surface area is 139 Å². The van der Waals surface area contributed by atoms with Gasteiger partial charge in [-0.2, -0.15) is 0 Å². The van der Waals surface area contributed by atoms with Crippen molar-refractivity contribution in [1.29, 1.82) is 0 Å². The average Bonchev–Trinajstić information content (AvgIpc) is 2.53. The second-order valence-electron chi connectivity index (χ2n) is 5.15. The largest absolute Gasteiger partial charge is 0.484 e. The van der Waals surface area contributed by atoms with Gasteiger partial charge in [-0.1, -0.05) is 12.1 Å². The Morgan fingerprint density at radius 2 is 1.75 bits per heavy atom. The molecule has 24 heavy (non-hydrogen) atoms. The van der Waals surface area contributed by atoms with Gasteiger partial charge < -0.3 is 10.1 Å². The van der Waals surface area contributed by atoms with Crippen LogP contribution in [0.3, 0.4) is 0 Å². The first-order valence-electron chi connectivity index (χ1n) is 7.06. The van der Waals surface area contributed by atoms with E-state index in [4.69, 9.17) is 9.88 Å². The second-order valence-corrected chi connectivity index (χ2v) is 6.71. The van der Waals surface area contributed by atoms with Gasteiger partial charge in [0.1, 0.15) is 11.6 Å². The standard InChI is InChI=1S/C16H17FN2O4S/c1-11(12-2-8-15(9-3-12)24(18,21)22)19-16(20)10-23-14-6-4-13(17)5-7-14/h2-9,11H,10H2,1H3,(H,19,20)(H2,18,21,22). The molecule has 128 valence electrons. The van der Waals surface area contributed by atoms with Crippen LogP contribution in [0.1, 0.15) is 18.5 Å². The van der Waals surface area contributed by atoms with Gasteiger partial charge in [-0.05, 0) is 48.9 Å². The van der Waals surface area contributed by atoms with Crippen molar-refractivity contribution in [2.45, 2.75) is 17.9 Å². The van der Waals surface area contributed by atoms with E-state index in [1.54, 1.807) is 19.1 Å². The molecule has 0 aliphatic heterocycles. The third kappa shape index (κ3) is 5.04. The highest BCUT2D eigenvalue weighted by Crippen LogP contribution is 2.16. The quantitative estimate of drug-likeness (QED) is 0.827. The summed E-state index contributed by atoms with van der Waals surface area (Å²) in [5.41, 5.74) is 0.720. The Bertz CT molecular complexity index is 805. The summed E-state index contributed by atoms with van der Waals surface area (Å²) in [5, 5.41) is 7.75. The molecule has 6 nitrogen and oxygen atoms in total. The Morgan fingerprint density at radius 1 is 1.17 bits per heavy atom. The van der Waals surface area contributed by atoms with Gasteiger partial charge in [0.05, 0.1) is 10.9 Å². The number of carbonyl (C=O) groups excluding carboxylic acids is 1. The predicted molar refractivity (Wildman–Crippen MR) is 86.3 cm³/mol. The number of hydrogen-bond acceptors (Lipinski definition) is 4. The summed E-state index contributed by atoms with van der Waals surface area (Å²) in [6.45, 7) is 1.53. The zero-order chi connectivity index (χ0) is 17.7. The number of nitrogens with one attached hydrogen (secondary N) is 1. The lowest BCUT2D eigenvalue weighted by molar-refractivity contribution is -0.123. The van der Waals surface area contributed by atoms with E-state index in [9.17, 15) is 17.6 Å². The van der Waals surface area contributed by atoms with Gasteiger partial charge in [0, 0.05) is 0 Å². The summed E-state index contributed by atoms with van der Waals surface area (Å²) in [6.07, 6.45) is 0. The number of primary sulfonamides is 1. The molecular formula is C16H17FN2O4S. The second kappa shape index (κ2) is 7.41. The van der Waals surface area contributed by atoms with Crippen LogP contribution in [0.4, 0.5) is 4.39 Å². The SMILES string of the molecule is CC(NC(=O)COc1ccc(F)cc1)c1ccc(S(N)(=O)=O)cc1. The average molecular weight is 352 g/mol. The van der Waals surface area contributed by atoms with Crippen LogP contribution >= 0.6 is 0 Å². The highest BCUT2D eigenvalue weighted by Gasteiger charge is 2.12. The Morgan fingerprint density at radius 3 is 2.29 bits per heavy atom. The maximum Gasteiger partial charge on any atom is 0.258 e. The number of amides is 1. The first kappa shape index (κ1) is 17.9. The zero-order valence-corrected chi connectivity index (χ0v) is 13.7. The molecule has 0 aliphatic rings. The highest BCUT2D eigenvalue weighted by atomic mass is 32.2. The summed E-state index contributed by atoms with van der Waals surface area (Å²) in [5.74, 6) is -0.359. The van der Waals surface area contributed by atoms with Gasteiger partial charge in [0.2, 0.25) is 10.0 Å². The molecule has 1 unspecified atom stereocenters. The molecule has 0 spiro atoms. The molecule has 1 atom stereocenters. The molecule has 2 aromatic rings. The van der Waals surface area contributed by atoms with Crippen LogP contribution in [0, 0.1) is 5.82 Å². The summed E-state index contributed by atoms with van der Waals surface area (Å²) < 4.78 is 40.4. The van der Waals surface area contributed by atoms with E-state index in [2.05, 4.69) is 5.32 Å². The molecule has 2 rings (SSSR count). The molecule has 0 aromatic heterocycles. The molecule has 1 amide bonds. The van der Waals surface area contributed by atoms with Crippen molar-refractivity contribution in [3.05, 3.63) is 59.9 Å². The smallest absolute Gasteiger partial charge is 0.258 e. The van der Waals surface area contributed by atoms with Crippen molar-refractivity contribution in [3.63, 3.8) is 0 Å². The highest BCUT2D eigenvalue weighted by molar-refractivity contribution is 7.89. The lowest BCUT2D eigenvalue weighted by atomic mass is 10.1. The van der Waals surface area contributed by atoms with Gasteiger partial charge in [0.25, 0.3) is 5.91 Å². The fraction of sp³-hybridized carbons (Fsp3) is 0.188. The number of ether oxygens (including phenoxy) is 1. The Kier molecular flexibility index (Phi) is 5.53. The van der Waals surface area contributed by atoms with Crippen LogP contribution in [0.25, 0.3) is 0 Å². The number of hydrogen-bond donors (Lipinski definition) is 2. The molecular weight excluding hydrogens is 335 g/mol. The van der Waals surface area contributed by atoms with Gasteiger partial charge >= 0.3 is 0 Å². The molecule has 0 radical (unpaired) electrons. The zero-order valence-electron chi connectivity index (χ0n) is 12.9. The van der Waals surface area contributed by atoms with Crippen molar-refractivity contribution in [3.8, 4) is 5.75 Å². The first-order chi connectivity index (χ1) is 11.3. The number of nitrogens with two attached hydrogens (primary N) is 1. The molecule has 0 fully saturated rings. The predicted octanol–water partition coefficient (Wildman–Crippen LogP) is 1.73. The third-order valence-corrected chi connectivity index (χ3v) is 4.20. The topological polar surface area (TPSA) is 98.5 Å². The van der Waals surface area contributed by atoms with Crippen molar-refractivity contribution in [2.75, 3.05) is 6.61 Å². The van der Waals surface area contributed by atoms with E-state index < -0.39 is 10.0 Å². The minimum atomic E-state index is -3.74. The number of rotatable bonds is 6. The fourth-order valence-corrected chi connectivity index (χ4v) is 2.51. The molecule has 8 heteroatoms. The van der Waals surface area contributed by atoms with Gasteiger partial charge in [-0.25, -0.2) is 17.9 Å². The third-order valence-electron chi connectivity index (χ3n) is 3.27. The summed E-state index contributed by atoms with van der Waals surface area (Å²) in [7, 11) is -3.74. The lowest BCUT2D eigenvalue weighted by Crippen LogP contribution is -2.31. The number of benzene rings is 2. The van der Waals surface area contributed by atoms with Crippen molar-refractivity contribution in [1.82, 2.24) is 5.32 Å². The van der Waals surface area contributed by atoms with E-state index >= 15 is 0 Å². The van der Waals surface area contributed by atoms with Gasteiger partial charge in [-0.3, -0.25) is 4.79 Å². The number of sulfonamides is 1. The van der Waals surface area contributed by atoms with Crippen LogP contribution < -0.4 is 15.2 Å². The molecule has 2 aromatic carbocycles. The van der Waals surface area contributed by atoms with Gasteiger partial charge in [-0.15, -0.1) is 0 Å². The molecule has 0 aliphatic carbocycles. The van der Waals surface area contributed by atoms with E-state index in [0.29, 0.717) is 5.75 Å². The monoisotopic (exact) mass is 352 g/mol. The minimum absolute atomic E-state index is 0.00409. The van der Waals surface area contributed by atoms with Crippen LogP contribution in [-0.4, -0.2) is 20.9 Å². The molecule has 0 saturated heterocycles. The Hall–Kier alpha value is -2.45. The maximum atomic E-state index is 12.8. The Balaban J connectivity index is 1.90. The van der Waals surface area contributed by atoms with Crippen LogP contribution in [-0.2, 0) is 14.8 Å². The molecule has 0 bridgehead atoms. The molecule has 0 saturated carbocycles. The van der Waals surface area contributed by atoms with E-state index in [1.165, 1.54) is 36.4 Å². The summed E-state index contributed by atoms with van der Waals surface area (Å²) >= 11 is 0. The van der Waals surface area contributed by atoms with Crippen molar-refractivity contribution < 1.29 is 22.3 Å². The van der Waals surface area contributed by atoms with Crippen LogP contribution in [0.5, 0.6) is 5.75 Å². The normalized spacial score (nSPS) is 12.5. The lowest BCUT2D eigenvalue weighted by Gasteiger charge is -2.15. The van der Waals surface area contributed by atoms with E-state index in [-0.39, 0.29) is 29.3 Å². The van der Waals surface area contributed by atoms with Crippen LogP contribution in [0.2, 0.25) is 0 Å². The summed E-state index contributed by atoms with van der Waals surface area (Å²) in [6, 6.07) is 10.9. The fourth-order valence-electron chi connectivity index (χ4n) is 1.99. The van der Waals surface area contributed by atoms with Crippen molar-refractivity contribution >= 4 is 15.9 Å². The van der Waals surface area contributed by atoms with Gasteiger partial charge in [0.15, 0.2) is 6.61 Å². The maximum absolute atomic E-state index is 12.8. The minimum Gasteiger partial charge on any atom is -0.484 e. The van der Waals surface area contributed by atoms with E-state index in [1.807, 2.05) is 0 Å². The van der Waals surface area contributed by atoms with Crippen molar-refractivity contribution in [2.24, 2.45) is 5.14 Å². The van der Waals surface area contributed by atoms with Crippen LogP contribution in [0.15, 0.2) is 53.4 Å². The first-order valence-corrected chi connectivity index (χ1v) is 8.61. The summed E-state index contributed by atoms with van der Waals surface area (Å²) in [4.78, 5) is 11.9. The number of carbonyl (C=O) groups is 1. The number of halogens is 1.